The van der Waals surface area contributed by atoms with Crippen molar-refractivity contribution in [2.75, 3.05) is 7.11 Å². The van der Waals surface area contributed by atoms with E-state index in [9.17, 15) is 0 Å². The molecule has 0 amide bonds. The third-order valence-corrected chi connectivity index (χ3v) is 2.47. The zero-order chi connectivity index (χ0) is 9.84. The van der Waals surface area contributed by atoms with Gasteiger partial charge in [0, 0.05) is 12.5 Å². The standard InChI is InChI=1S/C10H10BrNO/c1-7(12-2)8-4-5-10(13-3)9(11)6-8/h4-7H,1,3H3. The minimum absolute atomic E-state index is 0.0952. The van der Waals surface area contributed by atoms with E-state index in [-0.39, 0.29) is 6.04 Å². The molecule has 0 aromatic heterocycles. The molecule has 0 radical (unpaired) electrons. The second kappa shape index (κ2) is 4.29. The van der Waals surface area contributed by atoms with Crippen molar-refractivity contribution in [1.29, 1.82) is 0 Å². The van der Waals surface area contributed by atoms with E-state index < -0.39 is 0 Å². The summed E-state index contributed by atoms with van der Waals surface area (Å²) < 4.78 is 5.98. The molecule has 0 aliphatic heterocycles. The van der Waals surface area contributed by atoms with Crippen LogP contribution in [0.4, 0.5) is 0 Å². The number of nitrogens with zero attached hydrogens (tertiary/aromatic N) is 1. The van der Waals surface area contributed by atoms with Gasteiger partial charge in [0.15, 0.2) is 0 Å². The first-order valence-corrected chi connectivity index (χ1v) is 4.68. The van der Waals surface area contributed by atoms with Gasteiger partial charge in [-0.15, -0.1) is 0 Å². The lowest BCUT2D eigenvalue weighted by molar-refractivity contribution is 0.412. The minimum atomic E-state index is -0.0952. The molecule has 1 atom stereocenters. The zero-order valence-electron chi connectivity index (χ0n) is 7.54. The molecule has 3 heteroatoms. The fraction of sp³-hybridized carbons (Fsp3) is 0.300. The van der Waals surface area contributed by atoms with E-state index in [0.717, 1.165) is 15.8 Å². The van der Waals surface area contributed by atoms with Gasteiger partial charge in [-0.1, -0.05) is 0 Å². The van der Waals surface area contributed by atoms with Crippen LogP contribution in [0.15, 0.2) is 22.7 Å². The van der Waals surface area contributed by atoms with Crippen molar-refractivity contribution in [3.05, 3.63) is 39.7 Å². The Hall–Kier alpha value is -1.01. The SMILES string of the molecule is [C-]#[N+]C(C)c1ccc(OC)c(Br)c1. The fourth-order valence-electron chi connectivity index (χ4n) is 1.02. The van der Waals surface area contributed by atoms with E-state index in [4.69, 9.17) is 11.3 Å². The van der Waals surface area contributed by atoms with Crippen molar-refractivity contribution in [3.63, 3.8) is 0 Å². The molecule has 0 fully saturated rings. The summed E-state index contributed by atoms with van der Waals surface area (Å²) >= 11 is 3.38. The second-order valence-corrected chi connectivity index (χ2v) is 3.55. The minimum Gasteiger partial charge on any atom is -0.496 e. The van der Waals surface area contributed by atoms with Gasteiger partial charge in [-0.25, -0.2) is 6.57 Å². The Bertz CT molecular complexity index is 343. The van der Waals surface area contributed by atoms with E-state index in [2.05, 4.69) is 20.8 Å². The predicted molar refractivity (Wildman–Crippen MR) is 55.7 cm³/mol. The van der Waals surface area contributed by atoms with Crippen LogP contribution in [0.2, 0.25) is 0 Å². The zero-order valence-corrected chi connectivity index (χ0v) is 9.13. The van der Waals surface area contributed by atoms with Crippen LogP contribution in [0.3, 0.4) is 0 Å². The Morgan fingerprint density at radius 1 is 1.54 bits per heavy atom. The Balaban J connectivity index is 3.04. The lowest BCUT2D eigenvalue weighted by Gasteiger charge is -2.05. The van der Waals surface area contributed by atoms with Crippen molar-refractivity contribution in [2.45, 2.75) is 13.0 Å². The quantitative estimate of drug-likeness (QED) is 0.722. The number of methoxy groups -OCH3 is 1. The summed E-state index contributed by atoms with van der Waals surface area (Å²) in [7, 11) is 1.62. The lowest BCUT2D eigenvalue weighted by atomic mass is 10.1. The molecular formula is C10H10BrNO. The van der Waals surface area contributed by atoms with Crippen LogP contribution >= 0.6 is 15.9 Å². The topological polar surface area (TPSA) is 13.6 Å². The molecule has 0 bridgehead atoms. The lowest BCUT2D eigenvalue weighted by Crippen LogP contribution is -1.89. The van der Waals surface area contributed by atoms with Crippen LogP contribution < -0.4 is 4.74 Å². The fourth-order valence-corrected chi connectivity index (χ4v) is 1.58. The Labute approximate surface area is 86.5 Å². The van der Waals surface area contributed by atoms with Gasteiger partial charge in [-0.2, -0.15) is 0 Å². The molecule has 0 saturated carbocycles. The maximum Gasteiger partial charge on any atom is 0.246 e. The average Bonchev–Trinajstić information content (AvgIpc) is 2.16. The Morgan fingerprint density at radius 2 is 2.23 bits per heavy atom. The van der Waals surface area contributed by atoms with Crippen molar-refractivity contribution < 1.29 is 4.74 Å². The maximum atomic E-state index is 6.89. The van der Waals surface area contributed by atoms with E-state index in [0.29, 0.717) is 0 Å². The molecular weight excluding hydrogens is 230 g/mol. The van der Waals surface area contributed by atoms with Gasteiger partial charge in [-0.3, -0.25) is 0 Å². The van der Waals surface area contributed by atoms with Gasteiger partial charge in [0.2, 0.25) is 6.04 Å². The summed E-state index contributed by atoms with van der Waals surface area (Å²) in [4.78, 5) is 3.44. The van der Waals surface area contributed by atoms with Crippen LogP contribution in [0.1, 0.15) is 18.5 Å². The number of rotatable bonds is 2. The molecule has 1 unspecified atom stereocenters. The van der Waals surface area contributed by atoms with Crippen LogP contribution in [0, 0.1) is 6.57 Å². The summed E-state index contributed by atoms with van der Waals surface area (Å²) in [5, 5.41) is 0. The Morgan fingerprint density at radius 3 is 2.69 bits per heavy atom. The molecule has 1 aromatic carbocycles. The summed E-state index contributed by atoms with van der Waals surface area (Å²) in [5.74, 6) is 0.793. The molecule has 0 saturated heterocycles. The molecule has 1 rings (SSSR count). The van der Waals surface area contributed by atoms with Crippen molar-refractivity contribution in [3.8, 4) is 5.75 Å². The molecule has 0 aliphatic carbocycles. The monoisotopic (exact) mass is 239 g/mol. The van der Waals surface area contributed by atoms with Crippen LogP contribution in [0.25, 0.3) is 4.85 Å². The molecule has 0 heterocycles. The van der Waals surface area contributed by atoms with E-state index in [1.54, 1.807) is 7.11 Å². The van der Waals surface area contributed by atoms with Gasteiger partial charge in [0.05, 0.1) is 11.6 Å². The summed E-state index contributed by atoms with van der Waals surface area (Å²) in [6.45, 7) is 8.77. The highest BCUT2D eigenvalue weighted by Crippen LogP contribution is 2.28. The van der Waals surface area contributed by atoms with Crippen molar-refractivity contribution in [2.24, 2.45) is 0 Å². The molecule has 0 N–H and O–H groups in total. The predicted octanol–water partition coefficient (Wildman–Crippen LogP) is 3.44. The van der Waals surface area contributed by atoms with E-state index in [1.807, 2.05) is 25.1 Å². The summed E-state index contributed by atoms with van der Waals surface area (Å²) in [6, 6.07) is 5.59. The number of hydrogen-bond donors (Lipinski definition) is 0. The number of hydrogen-bond acceptors (Lipinski definition) is 1. The van der Waals surface area contributed by atoms with Gasteiger partial charge in [0.1, 0.15) is 5.75 Å². The second-order valence-electron chi connectivity index (χ2n) is 2.70. The van der Waals surface area contributed by atoms with Crippen molar-refractivity contribution in [1.82, 2.24) is 0 Å². The molecule has 0 aliphatic rings. The molecule has 68 valence electrons. The summed E-state index contributed by atoms with van der Waals surface area (Å²) in [5.41, 5.74) is 1.00. The number of halogens is 1. The van der Waals surface area contributed by atoms with E-state index >= 15 is 0 Å². The van der Waals surface area contributed by atoms with Crippen LogP contribution in [0.5, 0.6) is 5.75 Å². The normalized spacial score (nSPS) is 11.8. The average molecular weight is 240 g/mol. The first-order chi connectivity index (χ1) is 6.19. The number of ether oxygens (including phenoxy) is 1. The van der Waals surface area contributed by atoms with Gasteiger partial charge >= 0.3 is 0 Å². The highest BCUT2D eigenvalue weighted by atomic mass is 79.9. The third-order valence-electron chi connectivity index (χ3n) is 1.85. The molecule has 0 spiro atoms. The van der Waals surface area contributed by atoms with Crippen LogP contribution in [-0.2, 0) is 0 Å². The molecule has 2 nitrogen and oxygen atoms in total. The third kappa shape index (κ3) is 2.22. The summed E-state index contributed by atoms with van der Waals surface area (Å²) in [6.07, 6.45) is 0. The Kier molecular flexibility index (Phi) is 3.32. The highest BCUT2D eigenvalue weighted by Gasteiger charge is 2.10. The van der Waals surface area contributed by atoms with Gasteiger partial charge in [0.25, 0.3) is 0 Å². The first kappa shape index (κ1) is 10.1. The molecule has 1 aromatic rings. The highest BCUT2D eigenvalue weighted by molar-refractivity contribution is 9.10. The largest absolute Gasteiger partial charge is 0.496 e. The van der Waals surface area contributed by atoms with Gasteiger partial charge in [-0.05, 0) is 34.1 Å². The molecule has 13 heavy (non-hydrogen) atoms. The number of benzene rings is 1. The van der Waals surface area contributed by atoms with Crippen LogP contribution in [-0.4, -0.2) is 7.11 Å². The maximum absolute atomic E-state index is 6.89. The first-order valence-electron chi connectivity index (χ1n) is 3.89. The van der Waals surface area contributed by atoms with Crippen molar-refractivity contribution >= 4 is 15.9 Å². The smallest absolute Gasteiger partial charge is 0.246 e. The van der Waals surface area contributed by atoms with E-state index in [1.165, 1.54) is 0 Å². The van der Waals surface area contributed by atoms with Gasteiger partial charge < -0.3 is 9.58 Å².